The number of ether oxygens (including phenoxy) is 2. The van der Waals surface area contributed by atoms with Crippen molar-refractivity contribution in [2.24, 2.45) is 0 Å². The fourth-order valence-corrected chi connectivity index (χ4v) is 2.61. The first kappa shape index (κ1) is 17.0. The van der Waals surface area contributed by atoms with Crippen molar-refractivity contribution in [3.63, 3.8) is 0 Å². The molecule has 1 aliphatic rings. The SMILES string of the molecule is CCCCCCC/C=C/COC1OCc2cnc(C)c(O)c21. The lowest BCUT2D eigenvalue weighted by molar-refractivity contribution is -0.130. The standard InChI is InChI=1S/C18H27NO3/c1-3-4-5-6-7-8-9-10-11-21-18-16-15(13-22-18)12-19-14(2)17(16)20/h9-10,12,18,20H,3-8,11,13H2,1-2H3/b10-9+. The number of pyridine rings is 1. The van der Waals surface area contributed by atoms with Crippen LogP contribution in [0.2, 0.25) is 0 Å². The number of hydrogen-bond acceptors (Lipinski definition) is 4. The minimum absolute atomic E-state index is 0.194. The molecule has 1 atom stereocenters. The van der Waals surface area contributed by atoms with Crippen molar-refractivity contribution in [2.75, 3.05) is 6.61 Å². The van der Waals surface area contributed by atoms with Crippen LogP contribution in [0.25, 0.3) is 0 Å². The number of hydrogen-bond donors (Lipinski definition) is 1. The third kappa shape index (κ3) is 4.55. The number of unbranched alkanes of at least 4 members (excludes halogenated alkanes) is 5. The lowest BCUT2D eigenvalue weighted by Gasteiger charge is -2.12. The van der Waals surface area contributed by atoms with Gasteiger partial charge in [-0.15, -0.1) is 0 Å². The van der Waals surface area contributed by atoms with Crippen LogP contribution in [0.5, 0.6) is 5.75 Å². The summed E-state index contributed by atoms with van der Waals surface area (Å²) in [6.45, 7) is 4.96. The number of nitrogens with zero attached hydrogens (tertiary/aromatic N) is 1. The summed E-state index contributed by atoms with van der Waals surface area (Å²) in [5.74, 6) is 0.194. The highest BCUT2D eigenvalue weighted by molar-refractivity contribution is 5.43. The van der Waals surface area contributed by atoms with E-state index in [-0.39, 0.29) is 5.75 Å². The minimum Gasteiger partial charge on any atom is -0.506 e. The van der Waals surface area contributed by atoms with Crippen LogP contribution in [0.4, 0.5) is 0 Å². The Morgan fingerprint density at radius 2 is 2.14 bits per heavy atom. The summed E-state index contributed by atoms with van der Waals surface area (Å²) in [5, 5.41) is 10.1. The van der Waals surface area contributed by atoms with Gasteiger partial charge in [-0.3, -0.25) is 4.98 Å². The maximum Gasteiger partial charge on any atom is 0.188 e. The van der Waals surface area contributed by atoms with Crippen molar-refractivity contribution in [2.45, 2.75) is 65.3 Å². The van der Waals surface area contributed by atoms with E-state index in [0.717, 1.165) is 17.5 Å². The number of aryl methyl sites for hydroxylation is 1. The zero-order valence-corrected chi connectivity index (χ0v) is 13.7. The fraction of sp³-hybridized carbons (Fsp3) is 0.611. The average Bonchev–Trinajstić information content (AvgIpc) is 2.93. The molecule has 0 amide bonds. The fourth-order valence-electron chi connectivity index (χ4n) is 2.61. The number of aromatic hydroxyl groups is 1. The smallest absolute Gasteiger partial charge is 0.188 e. The highest BCUT2D eigenvalue weighted by atomic mass is 16.7. The van der Waals surface area contributed by atoms with E-state index in [0.29, 0.717) is 18.9 Å². The Hall–Kier alpha value is -1.39. The number of rotatable bonds is 9. The molecule has 0 saturated carbocycles. The summed E-state index contributed by atoms with van der Waals surface area (Å²) in [4.78, 5) is 4.14. The molecule has 2 heterocycles. The van der Waals surface area contributed by atoms with E-state index in [1.54, 1.807) is 13.1 Å². The van der Waals surface area contributed by atoms with Crippen LogP contribution in [0.15, 0.2) is 18.3 Å². The summed E-state index contributed by atoms with van der Waals surface area (Å²) in [7, 11) is 0. The number of fused-ring (bicyclic) bond motifs is 1. The Labute approximate surface area is 133 Å². The summed E-state index contributed by atoms with van der Waals surface area (Å²) in [6, 6.07) is 0. The van der Waals surface area contributed by atoms with E-state index in [2.05, 4.69) is 18.0 Å². The van der Waals surface area contributed by atoms with Gasteiger partial charge in [-0.2, -0.15) is 0 Å². The lowest BCUT2D eigenvalue weighted by atomic mass is 10.1. The highest BCUT2D eigenvalue weighted by Gasteiger charge is 2.28. The Morgan fingerprint density at radius 3 is 2.95 bits per heavy atom. The van der Waals surface area contributed by atoms with E-state index in [4.69, 9.17) is 9.47 Å². The molecule has 0 spiro atoms. The molecular formula is C18H27NO3. The van der Waals surface area contributed by atoms with Gasteiger partial charge in [-0.1, -0.05) is 44.8 Å². The molecule has 0 bridgehead atoms. The Balaban J connectivity index is 1.70. The van der Waals surface area contributed by atoms with E-state index in [9.17, 15) is 5.11 Å². The molecule has 22 heavy (non-hydrogen) atoms. The summed E-state index contributed by atoms with van der Waals surface area (Å²) in [5.41, 5.74) is 2.26. The molecule has 122 valence electrons. The number of allylic oxidation sites excluding steroid dienone is 1. The molecular weight excluding hydrogens is 278 g/mol. The Morgan fingerprint density at radius 1 is 1.32 bits per heavy atom. The molecule has 1 aromatic heterocycles. The quantitative estimate of drug-likeness (QED) is 0.537. The third-order valence-corrected chi connectivity index (χ3v) is 3.97. The summed E-state index contributed by atoms with van der Waals surface area (Å²) >= 11 is 0. The van der Waals surface area contributed by atoms with Crippen molar-refractivity contribution in [3.8, 4) is 5.75 Å². The van der Waals surface area contributed by atoms with Gasteiger partial charge in [-0.05, 0) is 19.8 Å². The first-order valence-corrected chi connectivity index (χ1v) is 8.29. The van der Waals surface area contributed by atoms with Crippen LogP contribution in [-0.2, 0) is 16.1 Å². The van der Waals surface area contributed by atoms with E-state index >= 15 is 0 Å². The van der Waals surface area contributed by atoms with Gasteiger partial charge in [0, 0.05) is 11.8 Å². The van der Waals surface area contributed by atoms with Gasteiger partial charge in [-0.25, -0.2) is 0 Å². The van der Waals surface area contributed by atoms with Gasteiger partial charge >= 0.3 is 0 Å². The first-order valence-electron chi connectivity index (χ1n) is 8.29. The first-order chi connectivity index (χ1) is 10.7. The molecule has 0 aromatic carbocycles. The van der Waals surface area contributed by atoms with E-state index in [1.165, 1.54) is 32.1 Å². The molecule has 1 N–H and O–H groups in total. The zero-order chi connectivity index (χ0) is 15.8. The molecule has 4 heteroatoms. The highest BCUT2D eigenvalue weighted by Crippen LogP contribution is 2.38. The maximum absolute atomic E-state index is 10.1. The van der Waals surface area contributed by atoms with Gasteiger partial charge in [0.15, 0.2) is 6.29 Å². The average molecular weight is 305 g/mol. The summed E-state index contributed by atoms with van der Waals surface area (Å²) < 4.78 is 11.3. The molecule has 0 radical (unpaired) electrons. The van der Waals surface area contributed by atoms with Gasteiger partial charge in [0.05, 0.1) is 24.5 Å². The lowest BCUT2D eigenvalue weighted by Crippen LogP contribution is -2.03. The molecule has 4 nitrogen and oxygen atoms in total. The molecule has 0 aliphatic carbocycles. The van der Waals surface area contributed by atoms with Crippen molar-refractivity contribution in [3.05, 3.63) is 35.2 Å². The van der Waals surface area contributed by atoms with Gasteiger partial charge < -0.3 is 14.6 Å². The van der Waals surface area contributed by atoms with Crippen molar-refractivity contribution in [1.29, 1.82) is 0 Å². The van der Waals surface area contributed by atoms with Crippen LogP contribution in [0.1, 0.15) is 68.6 Å². The zero-order valence-electron chi connectivity index (χ0n) is 13.7. The predicted octanol–water partition coefficient (Wildman–Crippen LogP) is 4.56. The number of aromatic nitrogens is 1. The Bertz CT molecular complexity index is 499. The largest absolute Gasteiger partial charge is 0.506 e. The van der Waals surface area contributed by atoms with Gasteiger partial charge in [0.1, 0.15) is 5.75 Å². The normalized spacial score (nSPS) is 17.3. The minimum atomic E-state index is -0.481. The molecule has 1 aromatic rings. The molecule has 1 unspecified atom stereocenters. The molecule has 0 fully saturated rings. The van der Waals surface area contributed by atoms with Crippen LogP contribution < -0.4 is 0 Å². The second-order valence-electron chi connectivity index (χ2n) is 5.78. The van der Waals surface area contributed by atoms with E-state index in [1.807, 2.05) is 6.08 Å². The second-order valence-corrected chi connectivity index (χ2v) is 5.78. The van der Waals surface area contributed by atoms with Crippen LogP contribution in [0, 0.1) is 6.92 Å². The predicted molar refractivity (Wildman–Crippen MR) is 86.6 cm³/mol. The molecule has 2 rings (SSSR count). The van der Waals surface area contributed by atoms with Crippen LogP contribution >= 0.6 is 0 Å². The van der Waals surface area contributed by atoms with Crippen LogP contribution in [0.3, 0.4) is 0 Å². The molecule has 1 aliphatic heterocycles. The van der Waals surface area contributed by atoms with Gasteiger partial charge in [0.2, 0.25) is 0 Å². The monoisotopic (exact) mass is 305 g/mol. The summed E-state index contributed by atoms with van der Waals surface area (Å²) in [6.07, 6.45) is 13.1. The second kappa shape index (κ2) is 8.91. The topological polar surface area (TPSA) is 51.6 Å². The maximum atomic E-state index is 10.1. The van der Waals surface area contributed by atoms with E-state index < -0.39 is 6.29 Å². The third-order valence-electron chi connectivity index (χ3n) is 3.97. The van der Waals surface area contributed by atoms with Crippen molar-refractivity contribution >= 4 is 0 Å². The van der Waals surface area contributed by atoms with Crippen LogP contribution in [-0.4, -0.2) is 16.7 Å². The Kier molecular flexibility index (Phi) is 6.87. The van der Waals surface area contributed by atoms with Crippen molar-refractivity contribution < 1.29 is 14.6 Å². The van der Waals surface area contributed by atoms with Gasteiger partial charge in [0.25, 0.3) is 0 Å². The molecule has 0 saturated heterocycles. The van der Waals surface area contributed by atoms with Crippen molar-refractivity contribution in [1.82, 2.24) is 4.98 Å².